The Hall–Kier alpha value is -3.75. The quantitative estimate of drug-likeness (QED) is 0.481. The highest BCUT2D eigenvalue weighted by atomic mass is 16.6. The monoisotopic (exact) mass is 397 g/mol. The van der Waals surface area contributed by atoms with Crippen molar-refractivity contribution in [1.29, 1.82) is 0 Å². The molecule has 9 heteroatoms. The standard InChI is InChI=1S/C20H19N3O6/c1-12-8-9-13(10-16(12)23(27)28)18(25)29-11-17(24)22-15-7-5-4-6-14(15)21-19(26)20(22,2)3/h4-10H,11H2,1-3H3,(H,21,26). The molecule has 2 amide bonds. The van der Waals surface area contributed by atoms with Crippen LogP contribution in [-0.4, -0.2) is 34.9 Å². The molecule has 0 spiro atoms. The number of anilines is 2. The molecule has 2 aromatic rings. The van der Waals surface area contributed by atoms with Crippen LogP contribution in [0.2, 0.25) is 0 Å². The van der Waals surface area contributed by atoms with Crippen LogP contribution in [0.1, 0.15) is 29.8 Å². The number of nitro benzene ring substituents is 1. The van der Waals surface area contributed by atoms with E-state index in [0.717, 1.165) is 6.07 Å². The smallest absolute Gasteiger partial charge is 0.338 e. The second-order valence-electron chi connectivity index (χ2n) is 7.09. The number of carbonyl (C=O) groups excluding carboxylic acids is 3. The second-order valence-corrected chi connectivity index (χ2v) is 7.09. The number of nitrogens with zero attached hydrogens (tertiary/aromatic N) is 2. The number of ether oxygens (including phenoxy) is 1. The zero-order valence-corrected chi connectivity index (χ0v) is 16.1. The van der Waals surface area contributed by atoms with E-state index < -0.39 is 28.9 Å². The Morgan fingerprint density at radius 2 is 1.90 bits per heavy atom. The van der Waals surface area contributed by atoms with Gasteiger partial charge in [-0.05, 0) is 39.0 Å². The van der Waals surface area contributed by atoms with Gasteiger partial charge in [0.2, 0.25) is 5.91 Å². The average molecular weight is 397 g/mol. The fourth-order valence-electron chi connectivity index (χ4n) is 3.11. The van der Waals surface area contributed by atoms with Crippen molar-refractivity contribution in [3.05, 3.63) is 63.7 Å². The third kappa shape index (κ3) is 3.66. The number of esters is 1. The highest BCUT2D eigenvalue weighted by molar-refractivity contribution is 6.14. The molecule has 2 aromatic carbocycles. The maximum absolute atomic E-state index is 12.8. The van der Waals surface area contributed by atoms with Crippen LogP contribution in [0.3, 0.4) is 0 Å². The third-order valence-electron chi connectivity index (χ3n) is 4.73. The third-order valence-corrected chi connectivity index (χ3v) is 4.73. The number of fused-ring (bicyclic) bond motifs is 1. The lowest BCUT2D eigenvalue weighted by Crippen LogP contribution is -2.59. The highest BCUT2D eigenvalue weighted by Gasteiger charge is 2.43. The minimum Gasteiger partial charge on any atom is -0.452 e. The molecule has 0 unspecified atom stereocenters. The summed E-state index contributed by atoms with van der Waals surface area (Å²) in [5.74, 6) is -1.83. The molecular weight excluding hydrogens is 378 g/mol. The van der Waals surface area contributed by atoms with E-state index in [-0.39, 0.29) is 17.2 Å². The molecule has 0 aliphatic carbocycles. The van der Waals surface area contributed by atoms with E-state index in [1.807, 2.05) is 0 Å². The summed E-state index contributed by atoms with van der Waals surface area (Å²) < 4.78 is 5.08. The van der Waals surface area contributed by atoms with Crippen LogP contribution in [0.5, 0.6) is 0 Å². The molecule has 0 atom stereocenters. The van der Waals surface area contributed by atoms with E-state index in [0.29, 0.717) is 16.9 Å². The van der Waals surface area contributed by atoms with Crippen LogP contribution in [0.15, 0.2) is 42.5 Å². The topological polar surface area (TPSA) is 119 Å². The number of benzene rings is 2. The van der Waals surface area contributed by atoms with Crippen molar-refractivity contribution in [3.63, 3.8) is 0 Å². The van der Waals surface area contributed by atoms with Crippen LogP contribution in [0, 0.1) is 17.0 Å². The number of nitrogens with one attached hydrogen (secondary N) is 1. The maximum Gasteiger partial charge on any atom is 0.338 e. The summed E-state index contributed by atoms with van der Waals surface area (Å²) in [5, 5.41) is 13.8. The summed E-state index contributed by atoms with van der Waals surface area (Å²) in [4.78, 5) is 49.3. The maximum atomic E-state index is 12.8. The molecule has 9 nitrogen and oxygen atoms in total. The molecule has 0 saturated heterocycles. The average Bonchev–Trinajstić information content (AvgIpc) is 2.66. The molecule has 1 heterocycles. The Labute approximate surface area is 166 Å². The number of aryl methyl sites for hydroxylation is 1. The fraction of sp³-hybridized carbons (Fsp3) is 0.250. The second kappa shape index (κ2) is 7.34. The first-order chi connectivity index (χ1) is 13.6. The lowest BCUT2D eigenvalue weighted by atomic mass is 9.96. The highest BCUT2D eigenvalue weighted by Crippen LogP contribution is 2.36. The fourth-order valence-corrected chi connectivity index (χ4v) is 3.11. The molecule has 1 aliphatic heterocycles. The molecule has 0 saturated carbocycles. The van der Waals surface area contributed by atoms with Gasteiger partial charge in [-0.25, -0.2) is 4.79 Å². The minimum atomic E-state index is -1.19. The summed E-state index contributed by atoms with van der Waals surface area (Å²) in [6.45, 7) is 4.10. The van der Waals surface area contributed by atoms with E-state index in [4.69, 9.17) is 4.74 Å². The van der Waals surface area contributed by atoms with E-state index in [9.17, 15) is 24.5 Å². The van der Waals surface area contributed by atoms with Gasteiger partial charge in [0.15, 0.2) is 6.61 Å². The van der Waals surface area contributed by atoms with Crippen molar-refractivity contribution < 1.29 is 24.0 Å². The van der Waals surface area contributed by atoms with Gasteiger partial charge >= 0.3 is 5.97 Å². The van der Waals surface area contributed by atoms with Gasteiger partial charge in [-0.2, -0.15) is 0 Å². The van der Waals surface area contributed by atoms with Crippen LogP contribution in [0.25, 0.3) is 0 Å². The summed E-state index contributed by atoms with van der Waals surface area (Å²) in [5.41, 5.74) is -0.0738. The first-order valence-electron chi connectivity index (χ1n) is 8.78. The van der Waals surface area contributed by atoms with Crippen molar-refractivity contribution in [2.75, 3.05) is 16.8 Å². The summed E-state index contributed by atoms with van der Waals surface area (Å²) in [6, 6.07) is 10.7. The number of amides is 2. The predicted molar refractivity (Wildman–Crippen MR) is 105 cm³/mol. The molecule has 1 N–H and O–H groups in total. The van der Waals surface area contributed by atoms with E-state index >= 15 is 0 Å². The number of para-hydroxylation sites is 2. The van der Waals surface area contributed by atoms with Gasteiger partial charge in [-0.1, -0.05) is 18.2 Å². The van der Waals surface area contributed by atoms with E-state index in [1.54, 1.807) is 45.0 Å². The van der Waals surface area contributed by atoms with Crippen molar-refractivity contribution in [2.24, 2.45) is 0 Å². The predicted octanol–water partition coefficient (Wildman–Crippen LogP) is 2.82. The Balaban J connectivity index is 1.80. The van der Waals surface area contributed by atoms with E-state index in [1.165, 1.54) is 17.0 Å². The number of carbonyl (C=O) groups is 3. The number of rotatable bonds is 4. The molecule has 0 fully saturated rings. The molecule has 0 bridgehead atoms. The van der Waals surface area contributed by atoms with Gasteiger partial charge in [-0.3, -0.25) is 24.6 Å². The number of hydrogen-bond acceptors (Lipinski definition) is 6. The van der Waals surface area contributed by atoms with Crippen molar-refractivity contribution in [3.8, 4) is 0 Å². The van der Waals surface area contributed by atoms with Gasteiger partial charge in [-0.15, -0.1) is 0 Å². The molecule has 3 rings (SSSR count). The van der Waals surface area contributed by atoms with Crippen LogP contribution < -0.4 is 10.2 Å². The molecular formula is C20H19N3O6. The van der Waals surface area contributed by atoms with Crippen LogP contribution in [-0.2, 0) is 14.3 Å². The summed E-state index contributed by atoms with van der Waals surface area (Å²) >= 11 is 0. The van der Waals surface area contributed by atoms with Crippen LogP contribution >= 0.6 is 0 Å². The Bertz CT molecular complexity index is 1030. The molecule has 0 radical (unpaired) electrons. The zero-order chi connectivity index (χ0) is 21.3. The van der Waals surface area contributed by atoms with Crippen LogP contribution in [0.4, 0.5) is 17.1 Å². The zero-order valence-electron chi connectivity index (χ0n) is 16.1. The lowest BCUT2D eigenvalue weighted by molar-refractivity contribution is -0.385. The Kier molecular flexibility index (Phi) is 5.06. The first-order valence-corrected chi connectivity index (χ1v) is 8.78. The minimum absolute atomic E-state index is 0.0360. The van der Waals surface area contributed by atoms with Crippen molar-refractivity contribution in [1.82, 2.24) is 0 Å². The van der Waals surface area contributed by atoms with E-state index in [2.05, 4.69) is 5.32 Å². The SMILES string of the molecule is Cc1ccc(C(=O)OCC(=O)N2c3ccccc3NC(=O)C2(C)C)cc1[N+](=O)[O-]. The molecule has 29 heavy (non-hydrogen) atoms. The summed E-state index contributed by atoms with van der Waals surface area (Å²) in [6.07, 6.45) is 0. The largest absolute Gasteiger partial charge is 0.452 e. The van der Waals surface area contributed by atoms with Gasteiger partial charge in [0.1, 0.15) is 5.54 Å². The molecule has 0 aromatic heterocycles. The number of nitro groups is 1. The molecule has 1 aliphatic rings. The van der Waals surface area contributed by atoms with Gasteiger partial charge < -0.3 is 10.1 Å². The first kappa shape index (κ1) is 20.0. The lowest BCUT2D eigenvalue weighted by Gasteiger charge is -2.41. The molecule has 150 valence electrons. The van der Waals surface area contributed by atoms with Crippen molar-refractivity contribution in [2.45, 2.75) is 26.3 Å². The number of hydrogen-bond donors (Lipinski definition) is 1. The van der Waals surface area contributed by atoms with Gasteiger partial charge in [0.25, 0.3) is 11.6 Å². The van der Waals surface area contributed by atoms with Gasteiger partial charge in [0.05, 0.1) is 21.9 Å². The summed E-state index contributed by atoms with van der Waals surface area (Å²) in [7, 11) is 0. The normalized spacial score (nSPS) is 14.6. The van der Waals surface area contributed by atoms with Crippen molar-refractivity contribution >= 4 is 34.8 Å². The van der Waals surface area contributed by atoms with Gasteiger partial charge in [0, 0.05) is 11.6 Å². The Morgan fingerprint density at radius 3 is 2.59 bits per heavy atom. The Morgan fingerprint density at radius 1 is 1.21 bits per heavy atom.